The Kier molecular flexibility index (Phi) is 7.95. The van der Waals surface area contributed by atoms with Crippen molar-refractivity contribution in [3.8, 4) is 11.5 Å². The van der Waals surface area contributed by atoms with Crippen LogP contribution in [0, 0.1) is 0 Å². The second kappa shape index (κ2) is 10.6. The molecule has 0 bridgehead atoms. The Hall–Kier alpha value is -2.05. The van der Waals surface area contributed by atoms with E-state index in [-0.39, 0.29) is 0 Å². The number of hydrogen-bond acceptors (Lipinski definition) is 4. The van der Waals surface area contributed by atoms with Crippen LogP contribution in [0.1, 0.15) is 22.8 Å². The van der Waals surface area contributed by atoms with Crippen LogP contribution in [0.4, 0.5) is 0 Å². The highest BCUT2D eigenvalue weighted by Gasteiger charge is 2.13. The van der Waals surface area contributed by atoms with Crippen LogP contribution in [-0.2, 0) is 13.2 Å². The molecule has 2 N–H and O–H groups in total. The average Bonchev–Trinajstić information content (AvgIpc) is 2.74. The van der Waals surface area contributed by atoms with Crippen molar-refractivity contribution in [2.24, 2.45) is 0 Å². The maximum atomic E-state index is 10.3. The predicted molar refractivity (Wildman–Crippen MR) is 120 cm³/mol. The topological polar surface area (TPSA) is 50.7 Å². The summed E-state index contributed by atoms with van der Waals surface area (Å²) in [4.78, 5) is 0. The van der Waals surface area contributed by atoms with Crippen LogP contribution >= 0.6 is 27.5 Å². The van der Waals surface area contributed by atoms with E-state index in [0.29, 0.717) is 36.2 Å². The van der Waals surface area contributed by atoms with Crippen molar-refractivity contribution in [1.29, 1.82) is 0 Å². The SMILES string of the molecule is COc1cc(CNCC(O)c2ccccc2)cc(Br)c1OCc1ccccc1Cl. The molecule has 4 nitrogen and oxygen atoms in total. The van der Waals surface area contributed by atoms with E-state index in [1.165, 1.54) is 0 Å². The third kappa shape index (κ3) is 5.97. The minimum atomic E-state index is -0.556. The summed E-state index contributed by atoms with van der Waals surface area (Å²) in [5.74, 6) is 1.26. The van der Waals surface area contributed by atoms with Gasteiger partial charge in [-0.2, -0.15) is 0 Å². The van der Waals surface area contributed by atoms with Crippen LogP contribution in [0.5, 0.6) is 11.5 Å². The fourth-order valence-electron chi connectivity index (χ4n) is 2.93. The summed E-state index contributed by atoms with van der Waals surface area (Å²) in [5.41, 5.74) is 2.81. The fraction of sp³-hybridized carbons (Fsp3) is 0.217. The Bertz CT molecular complexity index is 937. The monoisotopic (exact) mass is 475 g/mol. The summed E-state index contributed by atoms with van der Waals surface area (Å²) in [6.45, 7) is 1.38. The van der Waals surface area contributed by atoms with E-state index < -0.39 is 6.10 Å². The van der Waals surface area contributed by atoms with Gasteiger partial charge in [0.25, 0.3) is 0 Å². The van der Waals surface area contributed by atoms with Gasteiger partial charge in [-0.25, -0.2) is 0 Å². The third-order valence-electron chi connectivity index (χ3n) is 4.47. The van der Waals surface area contributed by atoms with Gasteiger partial charge in [-0.15, -0.1) is 0 Å². The summed E-state index contributed by atoms with van der Waals surface area (Å²) in [7, 11) is 1.61. The molecule has 29 heavy (non-hydrogen) atoms. The lowest BCUT2D eigenvalue weighted by atomic mass is 10.1. The molecule has 0 fully saturated rings. The number of ether oxygens (including phenoxy) is 2. The molecule has 1 atom stereocenters. The summed E-state index contributed by atoms with van der Waals surface area (Å²) in [5, 5.41) is 14.2. The first-order valence-electron chi connectivity index (χ1n) is 9.25. The lowest BCUT2D eigenvalue weighted by Gasteiger charge is -2.16. The summed E-state index contributed by atoms with van der Waals surface area (Å²) >= 11 is 9.78. The van der Waals surface area contributed by atoms with E-state index in [9.17, 15) is 5.11 Å². The number of benzene rings is 3. The fourth-order valence-corrected chi connectivity index (χ4v) is 3.72. The minimum Gasteiger partial charge on any atom is -0.493 e. The zero-order valence-corrected chi connectivity index (χ0v) is 18.4. The molecule has 0 heterocycles. The molecule has 3 rings (SSSR count). The predicted octanol–water partition coefficient (Wildman–Crippen LogP) is 5.51. The molecule has 0 aliphatic heterocycles. The van der Waals surface area contributed by atoms with Crippen LogP contribution in [-0.4, -0.2) is 18.8 Å². The molecule has 152 valence electrons. The van der Waals surface area contributed by atoms with Gasteiger partial charge in [0.15, 0.2) is 11.5 Å². The summed E-state index contributed by atoms with van der Waals surface area (Å²) < 4.78 is 12.3. The minimum absolute atomic E-state index is 0.343. The molecule has 6 heteroatoms. The first-order chi connectivity index (χ1) is 14.1. The Morgan fingerprint density at radius 2 is 1.79 bits per heavy atom. The Balaban J connectivity index is 1.62. The normalized spacial score (nSPS) is 11.9. The van der Waals surface area contributed by atoms with E-state index in [4.69, 9.17) is 21.1 Å². The van der Waals surface area contributed by atoms with Crippen molar-refractivity contribution in [3.63, 3.8) is 0 Å². The number of aliphatic hydroxyl groups is 1. The van der Waals surface area contributed by atoms with Gasteiger partial charge in [0, 0.05) is 23.7 Å². The third-order valence-corrected chi connectivity index (χ3v) is 5.43. The van der Waals surface area contributed by atoms with Gasteiger partial charge in [-0.1, -0.05) is 60.1 Å². The molecule has 0 saturated heterocycles. The first kappa shape index (κ1) is 21.7. The van der Waals surface area contributed by atoms with Crippen LogP contribution in [0.25, 0.3) is 0 Å². The van der Waals surface area contributed by atoms with Gasteiger partial charge in [0.05, 0.1) is 17.7 Å². The maximum absolute atomic E-state index is 10.3. The molecular weight excluding hydrogens is 454 g/mol. The van der Waals surface area contributed by atoms with Gasteiger partial charge in [-0.05, 0) is 45.3 Å². The van der Waals surface area contributed by atoms with E-state index in [1.807, 2.05) is 66.7 Å². The molecule has 0 aliphatic rings. The van der Waals surface area contributed by atoms with E-state index in [0.717, 1.165) is 21.2 Å². The van der Waals surface area contributed by atoms with Crippen molar-refractivity contribution in [2.45, 2.75) is 19.3 Å². The van der Waals surface area contributed by atoms with Crippen LogP contribution in [0.2, 0.25) is 5.02 Å². The van der Waals surface area contributed by atoms with Gasteiger partial charge in [-0.3, -0.25) is 0 Å². The molecule has 0 amide bonds. The summed E-state index contributed by atoms with van der Waals surface area (Å²) in [6, 6.07) is 21.1. The smallest absolute Gasteiger partial charge is 0.175 e. The highest BCUT2D eigenvalue weighted by molar-refractivity contribution is 9.10. The van der Waals surface area contributed by atoms with Crippen molar-refractivity contribution >= 4 is 27.5 Å². The Morgan fingerprint density at radius 3 is 2.52 bits per heavy atom. The Labute approximate surface area is 184 Å². The largest absolute Gasteiger partial charge is 0.493 e. The molecule has 0 spiro atoms. The molecule has 3 aromatic carbocycles. The second-order valence-corrected chi connectivity index (χ2v) is 7.81. The zero-order chi connectivity index (χ0) is 20.6. The first-order valence-corrected chi connectivity index (χ1v) is 10.4. The van der Waals surface area contributed by atoms with Gasteiger partial charge >= 0.3 is 0 Å². The zero-order valence-electron chi connectivity index (χ0n) is 16.1. The van der Waals surface area contributed by atoms with Crippen molar-refractivity contribution in [3.05, 3.63) is 92.9 Å². The van der Waals surface area contributed by atoms with E-state index in [2.05, 4.69) is 21.2 Å². The lowest BCUT2D eigenvalue weighted by molar-refractivity contribution is 0.174. The molecule has 3 aromatic rings. The van der Waals surface area contributed by atoms with Crippen LogP contribution in [0.15, 0.2) is 71.2 Å². The summed E-state index contributed by atoms with van der Waals surface area (Å²) in [6.07, 6.45) is -0.556. The van der Waals surface area contributed by atoms with Crippen LogP contribution < -0.4 is 14.8 Å². The average molecular weight is 477 g/mol. The maximum Gasteiger partial charge on any atom is 0.175 e. The quantitative estimate of drug-likeness (QED) is 0.427. The lowest BCUT2D eigenvalue weighted by Crippen LogP contribution is -2.21. The molecule has 0 radical (unpaired) electrons. The number of methoxy groups -OCH3 is 1. The van der Waals surface area contributed by atoms with Crippen molar-refractivity contribution < 1.29 is 14.6 Å². The van der Waals surface area contributed by atoms with Crippen molar-refractivity contribution in [2.75, 3.05) is 13.7 Å². The molecule has 0 aromatic heterocycles. The molecule has 0 saturated carbocycles. The van der Waals surface area contributed by atoms with Crippen molar-refractivity contribution in [1.82, 2.24) is 5.32 Å². The molecule has 1 unspecified atom stereocenters. The molecule has 0 aliphatic carbocycles. The number of rotatable bonds is 9. The van der Waals surface area contributed by atoms with E-state index >= 15 is 0 Å². The highest BCUT2D eigenvalue weighted by Crippen LogP contribution is 2.37. The highest BCUT2D eigenvalue weighted by atomic mass is 79.9. The Morgan fingerprint density at radius 1 is 1.07 bits per heavy atom. The standard InChI is InChI=1S/C23H23BrClNO3/c1-28-22-12-16(13-26-14-21(27)17-7-3-2-4-8-17)11-19(24)23(22)29-15-18-9-5-6-10-20(18)25/h2-12,21,26-27H,13-15H2,1H3. The van der Waals surface area contributed by atoms with Gasteiger partial charge < -0.3 is 19.9 Å². The second-order valence-electron chi connectivity index (χ2n) is 6.55. The molecular formula is C23H23BrClNO3. The number of aliphatic hydroxyl groups excluding tert-OH is 1. The number of nitrogens with one attached hydrogen (secondary N) is 1. The van der Waals surface area contributed by atoms with Crippen LogP contribution in [0.3, 0.4) is 0 Å². The number of hydrogen-bond donors (Lipinski definition) is 2. The van der Waals surface area contributed by atoms with E-state index in [1.54, 1.807) is 7.11 Å². The van der Waals surface area contributed by atoms with Gasteiger partial charge in [0.2, 0.25) is 0 Å². The van der Waals surface area contributed by atoms with Gasteiger partial charge in [0.1, 0.15) is 6.61 Å². The number of halogens is 2.